The molecule has 3 fully saturated rings. The number of anilines is 3. The van der Waals surface area contributed by atoms with Gasteiger partial charge in [0.25, 0.3) is 5.91 Å². The van der Waals surface area contributed by atoms with Crippen molar-refractivity contribution >= 4 is 39.8 Å². The first-order valence-electron chi connectivity index (χ1n) is 14.0. The van der Waals surface area contributed by atoms with Gasteiger partial charge in [-0.3, -0.25) is 15.4 Å². The molecule has 3 aliphatic rings. The second kappa shape index (κ2) is 12.0. The van der Waals surface area contributed by atoms with Crippen LogP contribution in [-0.4, -0.2) is 60.6 Å². The fraction of sp³-hybridized carbons (Fsp3) is 0.483. The Balaban J connectivity index is 1.08. The Morgan fingerprint density at radius 1 is 1.10 bits per heavy atom. The fourth-order valence-corrected chi connectivity index (χ4v) is 6.32. The molecule has 2 amide bonds. The van der Waals surface area contributed by atoms with Gasteiger partial charge in [-0.1, -0.05) is 0 Å². The smallest absolute Gasteiger partial charge is 0.412 e. The Bertz CT molecular complexity index is 1330. The molecule has 0 aliphatic carbocycles. The van der Waals surface area contributed by atoms with Gasteiger partial charge in [0.2, 0.25) is 0 Å². The fourth-order valence-electron chi connectivity index (χ4n) is 5.56. The summed E-state index contributed by atoms with van der Waals surface area (Å²) < 4.78 is 17.9. The van der Waals surface area contributed by atoms with Gasteiger partial charge in [0.1, 0.15) is 5.69 Å². The van der Waals surface area contributed by atoms with Crippen LogP contribution in [0.2, 0.25) is 0 Å². The molecule has 6 rings (SSSR count). The lowest BCUT2D eigenvalue weighted by atomic mass is 10.0. The number of aromatic nitrogens is 2. The number of nitrogens with one attached hydrogen (secondary N) is 2. The number of hydrogen-bond acceptors (Lipinski definition) is 8. The molecule has 2 aromatic heterocycles. The zero-order valence-corrected chi connectivity index (χ0v) is 23.5. The van der Waals surface area contributed by atoms with E-state index in [-0.39, 0.29) is 18.1 Å². The Hall–Kier alpha value is -3.41. The van der Waals surface area contributed by atoms with Crippen LogP contribution in [0.5, 0.6) is 0 Å². The molecule has 3 aliphatic heterocycles. The molecular formula is C29H35N5O5S. The van der Waals surface area contributed by atoms with E-state index in [1.807, 2.05) is 42.6 Å². The summed E-state index contributed by atoms with van der Waals surface area (Å²) in [7, 11) is 0. The lowest BCUT2D eigenvalue weighted by Gasteiger charge is -2.26. The Morgan fingerprint density at radius 3 is 2.65 bits per heavy atom. The van der Waals surface area contributed by atoms with Crippen molar-refractivity contribution in [3.8, 4) is 0 Å². The van der Waals surface area contributed by atoms with Crippen LogP contribution >= 0.6 is 11.3 Å². The quantitative estimate of drug-likeness (QED) is 0.386. The molecule has 1 aromatic carbocycles. The van der Waals surface area contributed by atoms with Gasteiger partial charge in [0.15, 0.2) is 11.2 Å². The van der Waals surface area contributed by atoms with E-state index < -0.39 is 6.09 Å². The van der Waals surface area contributed by atoms with Crippen LogP contribution in [0.15, 0.2) is 41.9 Å². The number of carbonyl (C=O) groups is 2. The van der Waals surface area contributed by atoms with Crippen LogP contribution in [0, 0.1) is 12.8 Å². The van der Waals surface area contributed by atoms with Crippen LogP contribution in [-0.2, 0) is 20.8 Å². The predicted molar refractivity (Wildman–Crippen MR) is 153 cm³/mol. The average Bonchev–Trinajstić information content (AvgIpc) is 3.67. The van der Waals surface area contributed by atoms with E-state index in [1.54, 1.807) is 0 Å². The van der Waals surface area contributed by atoms with E-state index in [1.165, 1.54) is 11.3 Å². The molecule has 0 spiro atoms. The summed E-state index contributed by atoms with van der Waals surface area (Å²) in [6.07, 6.45) is 5.51. The number of hydrogen-bond donors (Lipinski definition) is 2. The number of carbonyl (C=O) groups excluding carboxylic acids is 2. The van der Waals surface area contributed by atoms with Crippen LogP contribution in [0.3, 0.4) is 0 Å². The van der Waals surface area contributed by atoms with E-state index in [4.69, 9.17) is 19.2 Å². The van der Waals surface area contributed by atoms with E-state index in [9.17, 15) is 9.59 Å². The molecule has 5 heterocycles. The number of nitrogens with zero attached hydrogens (tertiary/aromatic N) is 3. The topological polar surface area (TPSA) is 107 Å². The standard InChI is InChI=1S/C29H35N5O5S/c1-19-13-26(33(14-19)15-20-8-11-37-12-9-20)27(35)32-28-31-24(18-40-28)25-3-2-10-34(25)22-6-4-21(5-7-22)30-29(36)39-23-16-38-17-23/h4-7,13-14,18,20,23,25H,2-3,8-12,15-17H2,1H3,(H,30,36)(H,31,32,35)/t25-/m1/s1. The minimum atomic E-state index is -0.469. The molecule has 0 saturated carbocycles. The van der Waals surface area contributed by atoms with Gasteiger partial charge >= 0.3 is 6.09 Å². The highest BCUT2D eigenvalue weighted by Gasteiger charge is 2.29. The molecule has 1 atom stereocenters. The van der Waals surface area contributed by atoms with Crippen molar-refractivity contribution in [2.45, 2.75) is 51.3 Å². The van der Waals surface area contributed by atoms with E-state index >= 15 is 0 Å². The first kappa shape index (κ1) is 26.8. The lowest BCUT2D eigenvalue weighted by Crippen LogP contribution is -2.38. The lowest BCUT2D eigenvalue weighted by molar-refractivity contribution is -0.0951. The number of benzene rings is 1. The molecule has 40 heavy (non-hydrogen) atoms. The first-order chi connectivity index (χ1) is 19.5. The maximum Gasteiger partial charge on any atom is 0.412 e. The third-order valence-electron chi connectivity index (χ3n) is 7.72. The highest BCUT2D eigenvalue weighted by atomic mass is 32.1. The van der Waals surface area contributed by atoms with Gasteiger partial charge in [0, 0.05) is 49.3 Å². The maximum absolute atomic E-state index is 13.2. The molecule has 11 heteroatoms. The molecule has 3 saturated heterocycles. The minimum Gasteiger partial charge on any atom is -0.441 e. The minimum absolute atomic E-state index is 0.129. The number of amides is 2. The van der Waals surface area contributed by atoms with E-state index in [2.05, 4.69) is 26.3 Å². The van der Waals surface area contributed by atoms with Gasteiger partial charge in [-0.2, -0.15) is 0 Å². The van der Waals surface area contributed by atoms with Crippen LogP contribution in [0.4, 0.5) is 21.3 Å². The SMILES string of the molecule is Cc1cc(C(=O)Nc2nc([C@H]3CCCN3c3ccc(NC(=O)OC4COC4)cc3)cs2)n(CC2CCOCC2)c1. The van der Waals surface area contributed by atoms with E-state index in [0.717, 1.165) is 68.9 Å². The van der Waals surface area contributed by atoms with Crippen molar-refractivity contribution in [3.63, 3.8) is 0 Å². The summed E-state index contributed by atoms with van der Waals surface area (Å²) >= 11 is 1.46. The maximum atomic E-state index is 13.2. The number of ether oxygens (including phenoxy) is 3. The summed E-state index contributed by atoms with van der Waals surface area (Å²) in [4.78, 5) is 32.4. The summed E-state index contributed by atoms with van der Waals surface area (Å²) in [6.45, 7) is 6.25. The van der Waals surface area contributed by atoms with Crippen molar-refractivity contribution in [2.24, 2.45) is 5.92 Å². The molecule has 212 valence electrons. The van der Waals surface area contributed by atoms with E-state index in [0.29, 0.717) is 35.6 Å². The van der Waals surface area contributed by atoms with Crippen molar-refractivity contribution < 1.29 is 23.8 Å². The van der Waals surface area contributed by atoms with Crippen LogP contribution in [0.1, 0.15) is 53.5 Å². The molecule has 0 bridgehead atoms. The third kappa shape index (κ3) is 6.16. The summed E-state index contributed by atoms with van der Waals surface area (Å²) in [6, 6.07) is 9.85. The molecular weight excluding hydrogens is 530 g/mol. The monoisotopic (exact) mass is 565 g/mol. The Labute approximate surface area is 237 Å². The Kier molecular flexibility index (Phi) is 8.03. The van der Waals surface area contributed by atoms with Crippen molar-refractivity contribution in [1.29, 1.82) is 0 Å². The molecule has 3 aromatic rings. The van der Waals surface area contributed by atoms with Crippen molar-refractivity contribution in [3.05, 3.63) is 58.9 Å². The average molecular weight is 566 g/mol. The molecule has 10 nitrogen and oxygen atoms in total. The normalized spacial score (nSPS) is 19.8. The second-order valence-corrected chi connectivity index (χ2v) is 11.6. The summed E-state index contributed by atoms with van der Waals surface area (Å²) in [5.41, 5.74) is 4.45. The molecule has 0 radical (unpaired) electrons. The highest BCUT2D eigenvalue weighted by Crippen LogP contribution is 2.37. The second-order valence-electron chi connectivity index (χ2n) is 10.7. The van der Waals surface area contributed by atoms with Crippen LogP contribution in [0.25, 0.3) is 0 Å². The summed E-state index contributed by atoms with van der Waals surface area (Å²) in [5.74, 6) is 0.392. The van der Waals surface area contributed by atoms with Crippen molar-refractivity contribution in [1.82, 2.24) is 9.55 Å². The molecule has 2 N–H and O–H groups in total. The summed E-state index contributed by atoms with van der Waals surface area (Å²) in [5, 5.41) is 8.46. The van der Waals surface area contributed by atoms with Gasteiger partial charge < -0.3 is 23.7 Å². The molecule has 0 unspecified atom stereocenters. The zero-order chi connectivity index (χ0) is 27.5. The first-order valence-corrected chi connectivity index (χ1v) is 14.8. The zero-order valence-electron chi connectivity index (χ0n) is 22.6. The van der Waals surface area contributed by atoms with Gasteiger partial charge in [-0.05, 0) is 74.4 Å². The number of thiazole rings is 1. The highest BCUT2D eigenvalue weighted by molar-refractivity contribution is 7.14. The number of aryl methyl sites for hydroxylation is 1. The van der Waals surface area contributed by atoms with Crippen LogP contribution < -0.4 is 15.5 Å². The van der Waals surface area contributed by atoms with Crippen molar-refractivity contribution in [2.75, 3.05) is 48.5 Å². The Morgan fingerprint density at radius 2 is 1.90 bits per heavy atom. The number of rotatable bonds is 8. The predicted octanol–water partition coefficient (Wildman–Crippen LogP) is 5.22. The van der Waals surface area contributed by atoms with Gasteiger partial charge in [-0.15, -0.1) is 11.3 Å². The van der Waals surface area contributed by atoms with Gasteiger partial charge in [-0.25, -0.2) is 9.78 Å². The van der Waals surface area contributed by atoms with Gasteiger partial charge in [0.05, 0.1) is 24.9 Å². The third-order valence-corrected chi connectivity index (χ3v) is 8.50. The largest absolute Gasteiger partial charge is 0.441 e.